The van der Waals surface area contributed by atoms with E-state index in [1.807, 2.05) is 0 Å². The molecule has 0 aliphatic rings. The molecule has 1 unspecified atom stereocenters. The summed E-state index contributed by atoms with van der Waals surface area (Å²) in [6.07, 6.45) is 69.0. The number of hydrogen-bond acceptors (Lipinski definition) is 6. The van der Waals surface area contributed by atoms with Crippen LogP contribution in [0.15, 0.2) is 48.6 Å². The molecule has 0 rings (SSSR count). The van der Waals surface area contributed by atoms with Gasteiger partial charge in [0.1, 0.15) is 13.2 Å². The van der Waals surface area contributed by atoms with Gasteiger partial charge in [0.2, 0.25) is 0 Å². The van der Waals surface area contributed by atoms with Crippen LogP contribution in [0, 0.1) is 0 Å². The van der Waals surface area contributed by atoms with E-state index >= 15 is 0 Å². The van der Waals surface area contributed by atoms with E-state index in [0.717, 1.165) is 89.9 Å². The summed E-state index contributed by atoms with van der Waals surface area (Å²) >= 11 is 0. The van der Waals surface area contributed by atoms with Gasteiger partial charge in [-0.1, -0.05) is 256 Å². The molecule has 0 radical (unpaired) electrons. The second-order valence-corrected chi connectivity index (χ2v) is 19.5. The second kappa shape index (κ2) is 56.0. The summed E-state index contributed by atoms with van der Waals surface area (Å²) in [4.78, 5) is 37.7. The molecule has 0 saturated heterocycles. The fraction of sp³-hybridized carbons (Fsp3) is 0.820. The lowest BCUT2D eigenvalue weighted by atomic mass is 10.0. The summed E-state index contributed by atoms with van der Waals surface area (Å²) < 4.78 is 16.7. The summed E-state index contributed by atoms with van der Waals surface area (Å²) in [7, 11) is 0. The van der Waals surface area contributed by atoms with Gasteiger partial charge in [-0.25, -0.2) is 0 Å². The molecule has 0 aliphatic carbocycles. The van der Waals surface area contributed by atoms with Gasteiger partial charge in [0.05, 0.1) is 0 Å². The standard InChI is InChI=1S/C61H110O6/c1-4-7-10-13-15-17-19-21-22-23-24-25-26-27-28-29-30-31-32-33-34-35-36-37-38-40-41-43-45-48-51-54-60(63)66-57-58(56-65-59(62)53-50-47-12-9-6-3)67-61(64)55-52-49-46-44-42-39-20-18-16-14-11-8-5-2/h8,11,16,18,23-24,39,42,58H,4-7,9-10,12-15,17,19-22,25-38,40-41,43-57H2,1-3H3/b11-8-,18-16-,24-23-,42-39-. The fourth-order valence-corrected chi connectivity index (χ4v) is 8.45. The summed E-state index contributed by atoms with van der Waals surface area (Å²) in [6.45, 7) is 6.44. The van der Waals surface area contributed by atoms with E-state index in [-0.39, 0.29) is 31.1 Å². The quantitative estimate of drug-likeness (QED) is 0.0262. The van der Waals surface area contributed by atoms with E-state index < -0.39 is 6.10 Å². The zero-order chi connectivity index (χ0) is 48.6. The minimum absolute atomic E-state index is 0.0828. The molecule has 0 aromatic carbocycles. The molecule has 0 fully saturated rings. The number of unbranched alkanes of at least 4 members (excludes halogenated alkanes) is 34. The third-order valence-corrected chi connectivity index (χ3v) is 12.8. The molecule has 0 spiro atoms. The molecule has 0 aromatic heterocycles. The Morgan fingerprint density at radius 2 is 0.582 bits per heavy atom. The van der Waals surface area contributed by atoms with Crippen LogP contribution in [0.1, 0.15) is 303 Å². The van der Waals surface area contributed by atoms with Crippen molar-refractivity contribution in [3.05, 3.63) is 48.6 Å². The molecule has 0 saturated carbocycles. The van der Waals surface area contributed by atoms with E-state index in [0.29, 0.717) is 19.3 Å². The zero-order valence-electron chi connectivity index (χ0n) is 44.7. The van der Waals surface area contributed by atoms with Crippen molar-refractivity contribution < 1.29 is 28.6 Å². The number of carbonyl (C=O) groups is 3. The number of allylic oxidation sites excluding steroid dienone is 8. The maximum absolute atomic E-state index is 12.7. The summed E-state index contributed by atoms with van der Waals surface area (Å²) in [5.41, 5.74) is 0. The van der Waals surface area contributed by atoms with Crippen molar-refractivity contribution >= 4 is 17.9 Å². The highest BCUT2D eigenvalue weighted by molar-refractivity contribution is 5.71. The van der Waals surface area contributed by atoms with Crippen LogP contribution in [0.2, 0.25) is 0 Å². The van der Waals surface area contributed by atoms with E-state index in [1.165, 1.54) is 173 Å². The van der Waals surface area contributed by atoms with Crippen molar-refractivity contribution in [2.75, 3.05) is 13.2 Å². The second-order valence-electron chi connectivity index (χ2n) is 19.5. The predicted octanol–water partition coefficient (Wildman–Crippen LogP) is 19.4. The maximum atomic E-state index is 12.7. The first-order valence-electron chi connectivity index (χ1n) is 29.1. The minimum Gasteiger partial charge on any atom is -0.462 e. The number of ether oxygens (including phenoxy) is 3. The largest absolute Gasteiger partial charge is 0.462 e. The van der Waals surface area contributed by atoms with Crippen LogP contribution in [0.5, 0.6) is 0 Å². The van der Waals surface area contributed by atoms with Crippen LogP contribution in [-0.2, 0) is 28.6 Å². The smallest absolute Gasteiger partial charge is 0.306 e. The first-order chi connectivity index (χ1) is 33.0. The summed E-state index contributed by atoms with van der Waals surface area (Å²) in [6, 6.07) is 0. The molecule has 390 valence electrons. The van der Waals surface area contributed by atoms with E-state index in [4.69, 9.17) is 14.2 Å². The lowest BCUT2D eigenvalue weighted by Crippen LogP contribution is -2.30. The van der Waals surface area contributed by atoms with Gasteiger partial charge in [0.15, 0.2) is 6.10 Å². The van der Waals surface area contributed by atoms with E-state index in [1.54, 1.807) is 0 Å². The molecule has 0 N–H and O–H groups in total. The van der Waals surface area contributed by atoms with Gasteiger partial charge in [-0.3, -0.25) is 14.4 Å². The molecule has 67 heavy (non-hydrogen) atoms. The van der Waals surface area contributed by atoms with Gasteiger partial charge in [-0.2, -0.15) is 0 Å². The molecular weight excluding hydrogens is 829 g/mol. The number of carbonyl (C=O) groups excluding carboxylic acids is 3. The monoisotopic (exact) mass is 939 g/mol. The molecule has 0 aromatic rings. The van der Waals surface area contributed by atoms with Crippen molar-refractivity contribution in [3.8, 4) is 0 Å². The van der Waals surface area contributed by atoms with Crippen LogP contribution in [0.25, 0.3) is 0 Å². The Kier molecular flexibility index (Phi) is 53.8. The Morgan fingerprint density at radius 1 is 0.313 bits per heavy atom. The number of hydrogen-bond donors (Lipinski definition) is 0. The molecule has 6 nitrogen and oxygen atoms in total. The van der Waals surface area contributed by atoms with Crippen LogP contribution < -0.4 is 0 Å². The van der Waals surface area contributed by atoms with Gasteiger partial charge < -0.3 is 14.2 Å². The van der Waals surface area contributed by atoms with Gasteiger partial charge >= 0.3 is 17.9 Å². The van der Waals surface area contributed by atoms with Gasteiger partial charge in [-0.05, 0) is 77.0 Å². The molecular formula is C61H110O6. The van der Waals surface area contributed by atoms with Gasteiger partial charge in [-0.15, -0.1) is 0 Å². The molecule has 0 bridgehead atoms. The topological polar surface area (TPSA) is 78.9 Å². The highest BCUT2D eigenvalue weighted by Gasteiger charge is 2.19. The Bertz CT molecular complexity index is 1170. The normalized spacial score (nSPS) is 12.3. The van der Waals surface area contributed by atoms with E-state index in [9.17, 15) is 14.4 Å². The summed E-state index contributed by atoms with van der Waals surface area (Å²) in [5, 5.41) is 0. The molecule has 6 heteroatoms. The Morgan fingerprint density at radius 3 is 0.940 bits per heavy atom. The third kappa shape index (κ3) is 54.2. The van der Waals surface area contributed by atoms with Crippen molar-refractivity contribution in [1.82, 2.24) is 0 Å². The predicted molar refractivity (Wildman–Crippen MR) is 289 cm³/mol. The minimum atomic E-state index is -0.782. The highest BCUT2D eigenvalue weighted by Crippen LogP contribution is 2.17. The maximum Gasteiger partial charge on any atom is 0.306 e. The Balaban J connectivity index is 3.91. The summed E-state index contributed by atoms with van der Waals surface area (Å²) in [5.74, 6) is -0.918. The molecule has 0 heterocycles. The third-order valence-electron chi connectivity index (χ3n) is 12.8. The average molecular weight is 940 g/mol. The zero-order valence-corrected chi connectivity index (χ0v) is 44.7. The average Bonchev–Trinajstić information content (AvgIpc) is 3.33. The van der Waals surface area contributed by atoms with Crippen molar-refractivity contribution in [1.29, 1.82) is 0 Å². The van der Waals surface area contributed by atoms with Crippen LogP contribution in [-0.4, -0.2) is 37.2 Å². The van der Waals surface area contributed by atoms with Crippen molar-refractivity contribution in [3.63, 3.8) is 0 Å². The van der Waals surface area contributed by atoms with Crippen molar-refractivity contribution in [2.45, 2.75) is 309 Å². The first kappa shape index (κ1) is 64.4. The van der Waals surface area contributed by atoms with Crippen LogP contribution in [0.4, 0.5) is 0 Å². The van der Waals surface area contributed by atoms with Gasteiger partial charge in [0.25, 0.3) is 0 Å². The fourth-order valence-electron chi connectivity index (χ4n) is 8.45. The Labute approximate surface area is 416 Å². The first-order valence-corrected chi connectivity index (χ1v) is 29.1. The Hall–Kier alpha value is -2.63. The number of esters is 3. The van der Waals surface area contributed by atoms with Gasteiger partial charge in [0, 0.05) is 19.3 Å². The van der Waals surface area contributed by atoms with Crippen LogP contribution >= 0.6 is 0 Å². The SMILES string of the molecule is CC/C=C\C/C=C\C/C=C\CCCCCC(=O)OC(COC(=O)CCCCCCC)COC(=O)CCCCCCCCCCCCCCCCCCCCC/C=C\CCCCCCCCCC. The highest BCUT2D eigenvalue weighted by atomic mass is 16.6. The lowest BCUT2D eigenvalue weighted by molar-refractivity contribution is -0.167. The molecule has 0 aliphatic heterocycles. The van der Waals surface area contributed by atoms with Crippen LogP contribution in [0.3, 0.4) is 0 Å². The number of rotatable bonds is 53. The van der Waals surface area contributed by atoms with E-state index in [2.05, 4.69) is 69.4 Å². The molecule has 0 amide bonds. The lowest BCUT2D eigenvalue weighted by Gasteiger charge is -2.18. The molecule has 1 atom stereocenters. The van der Waals surface area contributed by atoms with Crippen molar-refractivity contribution in [2.24, 2.45) is 0 Å².